The molecule has 0 aromatic carbocycles. The van der Waals surface area contributed by atoms with E-state index < -0.39 is 0 Å². The van der Waals surface area contributed by atoms with Crippen LogP contribution in [-0.4, -0.2) is 43.2 Å². The largest absolute Gasteiger partial charge is 0.380 e. The lowest BCUT2D eigenvalue weighted by molar-refractivity contribution is -0.137. The summed E-state index contributed by atoms with van der Waals surface area (Å²) in [6.07, 6.45) is 4.89. The summed E-state index contributed by atoms with van der Waals surface area (Å²) in [5, 5.41) is 0. The van der Waals surface area contributed by atoms with Crippen LogP contribution < -0.4 is 5.73 Å². The van der Waals surface area contributed by atoms with Gasteiger partial charge in [-0.15, -0.1) is 0 Å². The molecule has 4 nitrogen and oxygen atoms in total. The van der Waals surface area contributed by atoms with Crippen molar-refractivity contribution in [2.75, 3.05) is 20.2 Å². The number of ether oxygens (including phenoxy) is 1. The first-order valence-electron chi connectivity index (χ1n) is 7.10. The van der Waals surface area contributed by atoms with Crippen molar-refractivity contribution in [2.45, 2.75) is 58.1 Å². The first-order valence-corrected chi connectivity index (χ1v) is 7.10. The highest BCUT2D eigenvalue weighted by Crippen LogP contribution is 2.23. The molecule has 1 aliphatic heterocycles. The van der Waals surface area contributed by atoms with Crippen molar-refractivity contribution in [1.29, 1.82) is 0 Å². The maximum absolute atomic E-state index is 12.3. The molecule has 1 fully saturated rings. The van der Waals surface area contributed by atoms with Crippen molar-refractivity contribution in [3.63, 3.8) is 0 Å². The van der Waals surface area contributed by atoms with Gasteiger partial charge in [-0.05, 0) is 31.6 Å². The Morgan fingerprint density at radius 1 is 1.44 bits per heavy atom. The van der Waals surface area contributed by atoms with Gasteiger partial charge >= 0.3 is 0 Å². The van der Waals surface area contributed by atoms with Gasteiger partial charge in [-0.3, -0.25) is 4.79 Å². The highest BCUT2D eigenvalue weighted by molar-refractivity contribution is 5.77. The zero-order valence-corrected chi connectivity index (χ0v) is 12.0. The van der Waals surface area contributed by atoms with Crippen LogP contribution in [0.15, 0.2) is 0 Å². The molecule has 0 saturated carbocycles. The number of likely N-dealkylation sites (tertiary alicyclic amines) is 1. The Morgan fingerprint density at radius 2 is 2.17 bits per heavy atom. The molecule has 1 amide bonds. The van der Waals surface area contributed by atoms with Gasteiger partial charge in [0, 0.05) is 26.2 Å². The van der Waals surface area contributed by atoms with Gasteiger partial charge in [0.1, 0.15) is 0 Å². The van der Waals surface area contributed by atoms with Gasteiger partial charge in [-0.25, -0.2) is 0 Å². The van der Waals surface area contributed by atoms with Gasteiger partial charge in [0.2, 0.25) is 5.91 Å². The number of hydrogen-bond donors (Lipinski definition) is 1. The molecule has 0 bridgehead atoms. The molecule has 2 unspecified atom stereocenters. The van der Waals surface area contributed by atoms with Crippen molar-refractivity contribution >= 4 is 5.91 Å². The van der Waals surface area contributed by atoms with Crippen LogP contribution in [0.2, 0.25) is 0 Å². The van der Waals surface area contributed by atoms with Gasteiger partial charge < -0.3 is 15.4 Å². The number of methoxy groups -OCH3 is 1. The zero-order valence-electron chi connectivity index (χ0n) is 12.0. The Labute approximate surface area is 111 Å². The average Bonchev–Trinajstić information content (AvgIpc) is 2.35. The molecular weight excluding hydrogens is 228 g/mol. The smallest absolute Gasteiger partial charge is 0.225 e. The number of nitrogens with two attached hydrogens (primary N) is 1. The molecule has 0 aromatic rings. The Balaban J connectivity index is 2.56. The van der Waals surface area contributed by atoms with E-state index in [1.54, 1.807) is 7.11 Å². The van der Waals surface area contributed by atoms with E-state index in [0.29, 0.717) is 24.9 Å². The highest BCUT2D eigenvalue weighted by Gasteiger charge is 2.28. The van der Waals surface area contributed by atoms with Crippen molar-refractivity contribution in [2.24, 2.45) is 11.7 Å². The minimum absolute atomic E-state index is 0.140. The van der Waals surface area contributed by atoms with Crippen LogP contribution in [0.1, 0.15) is 46.0 Å². The third-order valence-corrected chi connectivity index (χ3v) is 3.69. The van der Waals surface area contributed by atoms with Crippen molar-refractivity contribution in [3.8, 4) is 0 Å². The summed E-state index contributed by atoms with van der Waals surface area (Å²) in [7, 11) is 1.62. The third-order valence-electron chi connectivity index (χ3n) is 3.69. The Kier molecular flexibility index (Phi) is 6.65. The van der Waals surface area contributed by atoms with E-state index in [4.69, 9.17) is 10.5 Å². The fourth-order valence-electron chi connectivity index (χ4n) is 2.69. The summed E-state index contributed by atoms with van der Waals surface area (Å²) in [5.74, 6) is 0.841. The van der Waals surface area contributed by atoms with Crippen LogP contribution >= 0.6 is 0 Å². The summed E-state index contributed by atoms with van der Waals surface area (Å²) in [6.45, 7) is 5.74. The standard InChI is InChI=1S/C14H28N2O2/c1-11(2)8-12-6-4-5-7-16(12)14(17)9-13(10-15)18-3/h11-13H,4-10,15H2,1-3H3. The Hall–Kier alpha value is -0.610. The molecule has 2 atom stereocenters. The van der Waals surface area contributed by atoms with E-state index in [0.717, 1.165) is 25.8 Å². The lowest BCUT2D eigenvalue weighted by atomic mass is 9.93. The van der Waals surface area contributed by atoms with Crippen LogP contribution in [0.5, 0.6) is 0 Å². The van der Waals surface area contributed by atoms with Crippen molar-refractivity contribution in [3.05, 3.63) is 0 Å². The highest BCUT2D eigenvalue weighted by atomic mass is 16.5. The SMILES string of the molecule is COC(CN)CC(=O)N1CCCCC1CC(C)C. The number of hydrogen-bond acceptors (Lipinski definition) is 3. The van der Waals surface area contributed by atoms with Crippen LogP contribution in [0.25, 0.3) is 0 Å². The second kappa shape index (κ2) is 7.74. The average molecular weight is 256 g/mol. The fraction of sp³-hybridized carbons (Fsp3) is 0.929. The molecule has 1 saturated heterocycles. The number of amides is 1. The normalized spacial score (nSPS) is 22.3. The molecule has 106 valence electrons. The minimum atomic E-state index is -0.140. The van der Waals surface area contributed by atoms with E-state index in [2.05, 4.69) is 18.7 Å². The Bertz CT molecular complexity index is 252. The van der Waals surface area contributed by atoms with Crippen LogP contribution in [-0.2, 0) is 9.53 Å². The minimum Gasteiger partial charge on any atom is -0.380 e. The van der Waals surface area contributed by atoms with Crippen molar-refractivity contribution in [1.82, 2.24) is 4.90 Å². The van der Waals surface area contributed by atoms with Crippen LogP contribution in [0.3, 0.4) is 0 Å². The van der Waals surface area contributed by atoms with E-state index in [1.807, 2.05) is 0 Å². The molecule has 2 N–H and O–H groups in total. The van der Waals surface area contributed by atoms with Gasteiger partial charge in [0.05, 0.1) is 12.5 Å². The predicted octanol–water partition coefficient (Wildman–Crippen LogP) is 1.78. The fourth-order valence-corrected chi connectivity index (χ4v) is 2.69. The summed E-state index contributed by atoms with van der Waals surface area (Å²) in [5.41, 5.74) is 5.58. The summed E-state index contributed by atoms with van der Waals surface area (Å²) in [4.78, 5) is 14.4. The number of carbonyl (C=O) groups excluding carboxylic acids is 1. The lowest BCUT2D eigenvalue weighted by Gasteiger charge is -2.37. The first kappa shape index (κ1) is 15.4. The van der Waals surface area contributed by atoms with E-state index >= 15 is 0 Å². The molecule has 0 radical (unpaired) electrons. The Morgan fingerprint density at radius 3 is 2.72 bits per heavy atom. The summed E-state index contributed by atoms with van der Waals surface area (Å²) < 4.78 is 5.20. The van der Waals surface area contributed by atoms with Gasteiger partial charge in [0.15, 0.2) is 0 Å². The number of nitrogens with zero attached hydrogens (tertiary/aromatic N) is 1. The summed E-state index contributed by atoms with van der Waals surface area (Å²) >= 11 is 0. The molecule has 0 spiro atoms. The maximum Gasteiger partial charge on any atom is 0.225 e. The predicted molar refractivity (Wildman–Crippen MR) is 73.3 cm³/mol. The van der Waals surface area contributed by atoms with Gasteiger partial charge in [0.25, 0.3) is 0 Å². The number of rotatable bonds is 6. The topological polar surface area (TPSA) is 55.6 Å². The number of carbonyl (C=O) groups is 1. The van der Waals surface area contributed by atoms with Crippen LogP contribution in [0, 0.1) is 5.92 Å². The van der Waals surface area contributed by atoms with E-state index in [9.17, 15) is 4.79 Å². The molecule has 4 heteroatoms. The molecule has 0 aromatic heterocycles. The van der Waals surface area contributed by atoms with Crippen LogP contribution in [0.4, 0.5) is 0 Å². The first-order chi connectivity index (χ1) is 8.58. The van der Waals surface area contributed by atoms with Crippen molar-refractivity contribution < 1.29 is 9.53 Å². The third kappa shape index (κ3) is 4.58. The maximum atomic E-state index is 12.3. The number of piperidine rings is 1. The lowest BCUT2D eigenvalue weighted by Crippen LogP contribution is -2.46. The zero-order chi connectivity index (χ0) is 13.5. The molecule has 18 heavy (non-hydrogen) atoms. The van der Waals surface area contributed by atoms with Gasteiger partial charge in [-0.1, -0.05) is 13.8 Å². The second-order valence-electron chi connectivity index (χ2n) is 5.66. The molecule has 1 aliphatic rings. The molecular formula is C14H28N2O2. The monoisotopic (exact) mass is 256 g/mol. The van der Waals surface area contributed by atoms with E-state index in [1.165, 1.54) is 6.42 Å². The molecule has 0 aliphatic carbocycles. The van der Waals surface area contributed by atoms with E-state index in [-0.39, 0.29) is 12.0 Å². The summed E-state index contributed by atoms with van der Waals surface area (Å²) in [6, 6.07) is 0.418. The molecule has 1 heterocycles. The molecule has 1 rings (SSSR count). The second-order valence-corrected chi connectivity index (χ2v) is 5.66. The van der Waals surface area contributed by atoms with Gasteiger partial charge in [-0.2, -0.15) is 0 Å². The quantitative estimate of drug-likeness (QED) is 0.788.